The lowest BCUT2D eigenvalue weighted by Gasteiger charge is -2.28. The summed E-state index contributed by atoms with van der Waals surface area (Å²) in [5, 5.41) is 0. The summed E-state index contributed by atoms with van der Waals surface area (Å²) in [6, 6.07) is 2.30. The number of likely N-dealkylation sites (tertiary alicyclic amines) is 1. The Morgan fingerprint density at radius 1 is 1.22 bits per heavy atom. The van der Waals surface area contributed by atoms with Crippen molar-refractivity contribution in [2.75, 3.05) is 26.7 Å². The van der Waals surface area contributed by atoms with E-state index >= 15 is 0 Å². The third-order valence-corrected chi connectivity index (χ3v) is 3.62. The average Bonchev–Trinajstić information content (AvgIpc) is 2.42. The highest BCUT2D eigenvalue weighted by Gasteiger charge is 2.15. The first kappa shape index (κ1) is 13.3. The minimum atomic E-state index is 0.497. The number of unbranched alkanes of at least 4 members (excludes halogenated alkanes) is 1. The molecule has 2 heterocycles. The van der Waals surface area contributed by atoms with Crippen molar-refractivity contribution in [3.63, 3.8) is 0 Å². The highest BCUT2D eigenvalue weighted by Crippen LogP contribution is 2.21. The molecule has 0 aromatic carbocycles. The Morgan fingerprint density at radius 2 is 1.94 bits per heavy atom. The SMILES string of the molecule is CN1CCC(CCCCOc2ncccn2)CC1. The van der Waals surface area contributed by atoms with Crippen LogP contribution in [-0.4, -0.2) is 41.6 Å². The molecule has 1 fully saturated rings. The molecule has 100 valence electrons. The van der Waals surface area contributed by atoms with E-state index in [9.17, 15) is 0 Å². The molecule has 1 aliphatic rings. The lowest BCUT2D eigenvalue weighted by atomic mass is 9.92. The second kappa shape index (κ2) is 7.31. The monoisotopic (exact) mass is 249 g/mol. The fourth-order valence-corrected chi connectivity index (χ4v) is 2.41. The van der Waals surface area contributed by atoms with Gasteiger partial charge < -0.3 is 9.64 Å². The van der Waals surface area contributed by atoms with Crippen molar-refractivity contribution in [3.8, 4) is 6.01 Å². The number of hydrogen-bond acceptors (Lipinski definition) is 4. The predicted molar refractivity (Wildman–Crippen MR) is 71.6 cm³/mol. The maximum Gasteiger partial charge on any atom is 0.316 e. The fraction of sp³-hybridized carbons (Fsp3) is 0.714. The van der Waals surface area contributed by atoms with Gasteiger partial charge in [0.1, 0.15) is 0 Å². The molecule has 1 aliphatic heterocycles. The second-order valence-corrected chi connectivity index (χ2v) is 5.12. The topological polar surface area (TPSA) is 38.2 Å². The summed E-state index contributed by atoms with van der Waals surface area (Å²) in [4.78, 5) is 10.5. The van der Waals surface area contributed by atoms with E-state index in [4.69, 9.17) is 4.74 Å². The Morgan fingerprint density at radius 3 is 2.67 bits per heavy atom. The van der Waals surface area contributed by atoms with Gasteiger partial charge >= 0.3 is 6.01 Å². The molecule has 0 spiro atoms. The van der Waals surface area contributed by atoms with E-state index in [0.717, 1.165) is 18.9 Å². The van der Waals surface area contributed by atoms with Gasteiger partial charge in [0.25, 0.3) is 0 Å². The minimum Gasteiger partial charge on any atom is -0.463 e. The summed E-state index contributed by atoms with van der Waals surface area (Å²) in [7, 11) is 2.21. The molecule has 4 heteroatoms. The molecule has 0 bridgehead atoms. The van der Waals surface area contributed by atoms with Gasteiger partial charge in [0.15, 0.2) is 0 Å². The fourth-order valence-electron chi connectivity index (χ4n) is 2.41. The van der Waals surface area contributed by atoms with Gasteiger partial charge in [-0.15, -0.1) is 0 Å². The molecule has 1 aromatic heterocycles. The van der Waals surface area contributed by atoms with Crippen molar-refractivity contribution in [2.24, 2.45) is 5.92 Å². The van der Waals surface area contributed by atoms with Gasteiger partial charge in [-0.1, -0.05) is 6.42 Å². The minimum absolute atomic E-state index is 0.497. The standard InChI is InChI=1S/C14H23N3O/c1-17-10-6-13(7-11-17)5-2-3-12-18-14-15-8-4-9-16-14/h4,8-9,13H,2-3,5-7,10-12H2,1H3. The predicted octanol–water partition coefficient (Wildman–Crippen LogP) is 2.37. The molecule has 1 aromatic rings. The van der Waals surface area contributed by atoms with E-state index in [-0.39, 0.29) is 0 Å². The van der Waals surface area contributed by atoms with E-state index in [1.165, 1.54) is 38.8 Å². The number of piperidine rings is 1. The Labute approximate surface area is 109 Å². The van der Waals surface area contributed by atoms with Crippen molar-refractivity contribution >= 4 is 0 Å². The number of aromatic nitrogens is 2. The van der Waals surface area contributed by atoms with E-state index < -0.39 is 0 Å². The Bertz CT molecular complexity index is 323. The summed E-state index contributed by atoms with van der Waals surface area (Å²) in [5.74, 6) is 0.925. The molecule has 0 atom stereocenters. The summed E-state index contributed by atoms with van der Waals surface area (Å²) in [6.45, 7) is 3.26. The quantitative estimate of drug-likeness (QED) is 0.725. The van der Waals surface area contributed by atoms with E-state index in [2.05, 4.69) is 21.9 Å². The van der Waals surface area contributed by atoms with Crippen molar-refractivity contribution in [1.82, 2.24) is 14.9 Å². The van der Waals surface area contributed by atoms with Gasteiger partial charge in [-0.3, -0.25) is 0 Å². The Kier molecular flexibility index (Phi) is 5.39. The zero-order valence-corrected chi connectivity index (χ0v) is 11.2. The molecule has 0 radical (unpaired) electrons. The highest BCUT2D eigenvalue weighted by molar-refractivity contribution is 4.92. The summed E-state index contributed by atoms with van der Waals surface area (Å²) in [6.07, 6.45) is 9.83. The van der Waals surface area contributed by atoms with Crippen LogP contribution >= 0.6 is 0 Å². The molecule has 4 nitrogen and oxygen atoms in total. The van der Waals surface area contributed by atoms with E-state index in [1.807, 2.05) is 0 Å². The van der Waals surface area contributed by atoms with Crippen LogP contribution in [0.4, 0.5) is 0 Å². The first-order chi connectivity index (χ1) is 8.84. The van der Waals surface area contributed by atoms with Crippen LogP contribution in [0.1, 0.15) is 32.1 Å². The largest absolute Gasteiger partial charge is 0.463 e. The van der Waals surface area contributed by atoms with Crippen molar-refractivity contribution in [1.29, 1.82) is 0 Å². The first-order valence-electron chi connectivity index (χ1n) is 6.93. The van der Waals surface area contributed by atoms with Crippen molar-refractivity contribution in [2.45, 2.75) is 32.1 Å². The maximum atomic E-state index is 5.48. The normalized spacial score (nSPS) is 17.8. The Hall–Kier alpha value is -1.16. The van der Waals surface area contributed by atoms with E-state index in [1.54, 1.807) is 18.5 Å². The maximum absolute atomic E-state index is 5.48. The highest BCUT2D eigenvalue weighted by atomic mass is 16.5. The van der Waals surface area contributed by atoms with Gasteiger partial charge in [0, 0.05) is 12.4 Å². The lowest BCUT2D eigenvalue weighted by molar-refractivity contribution is 0.205. The molecule has 0 unspecified atom stereocenters. The Balaban J connectivity index is 1.51. The van der Waals surface area contributed by atoms with Crippen LogP contribution in [0.5, 0.6) is 6.01 Å². The third-order valence-electron chi connectivity index (χ3n) is 3.62. The summed E-state index contributed by atoms with van der Waals surface area (Å²) < 4.78 is 5.48. The van der Waals surface area contributed by atoms with Crippen LogP contribution in [-0.2, 0) is 0 Å². The number of hydrogen-bond donors (Lipinski definition) is 0. The van der Waals surface area contributed by atoms with E-state index in [0.29, 0.717) is 6.01 Å². The molecule has 0 saturated carbocycles. The summed E-state index contributed by atoms with van der Waals surface area (Å²) >= 11 is 0. The molecule has 0 N–H and O–H groups in total. The number of nitrogens with zero attached hydrogens (tertiary/aromatic N) is 3. The van der Waals surface area contributed by atoms with Crippen LogP contribution in [0.25, 0.3) is 0 Å². The second-order valence-electron chi connectivity index (χ2n) is 5.12. The number of rotatable bonds is 6. The molecule has 18 heavy (non-hydrogen) atoms. The van der Waals surface area contributed by atoms with Gasteiger partial charge in [-0.25, -0.2) is 9.97 Å². The van der Waals surface area contributed by atoms with Gasteiger partial charge in [0.2, 0.25) is 0 Å². The van der Waals surface area contributed by atoms with Gasteiger partial charge in [-0.05, 0) is 57.8 Å². The van der Waals surface area contributed by atoms with Crippen LogP contribution in [0.2, 0.25) is 0 Å². The summed E-state index contributed by atoms with van der Waals surface area (Å²) in [5.41, 5.74) is 0. The first-order valence-corrected chi connectivity index (χ1v) is 6.93. The molecule has 2 rings (SSSR count). The average molecular weight is 249 g/mol. The molecule has 0 amide bonds. The molecule has 0 aliphatic carbocycles. The molecular weight excluding hydrogens is 226 g/mol. The zero-order chi connectivity index (χ0) is 12.6. The van der Waals surface area contributed by atoms with Crippen LogP contribution in [0.3, 0.4) is 0 Å². The van der Waals surface area contributed by atoms with Crippen LogP contribution < -0.4 is 4.74 Å². The lowest BCUT2D eigenvalue weighted by Crippen LogP contribution is -2.30. The molecular formula is C14H23N3O. The van der Waals surface area contributed by atoms with Crippen molar-refractivity contribution < 1.29 is 4.74 Å². The third kappa shape index (κ3) is 4.61. The van der Waals surface area contributed by atoms with Gasteiger partial charge in [0.05, 0.1) is 6.61 Å². The number of ether oxygens (including phenoxy) is 1. The van der Waals surface area contributed by atoms with Crippen LogP contribution in [0.15, 0.2) is 18.5 Å². The van der Waals surface area contributed by atoms with Crippen LogP contribution in [0, 0.1) is 5.92 Å². The zero-order valence-electron chi connectivity index (χ0n) is 11.2. The molecule has 1 saturated heterocycles. The smallest absolute Gasteiger partial charge is 0.316 e. The van der Waals surface area contributed by atoms with Crippen molar-refractivity contribution in [3.05, 3.63) is 18.5 Å². The van der Waals surface area contributed by atoms with Gasteiger partial charge in [-0.2, -0.15) is 0 Å².